The number of benzene rings is 3. The second-order valence-corrected chi connectivity index (χ2v) is 12.9. The minimum atomic E-state index is -4.71. The molecule has 0 saturated heterocycles. The highest BCUT2D eigenvalue weighted by atomic mass is 32.2. The van der Waals surface area contributed by atoms with Crippen molar-refractivity contribution in [1.82, 2.24) is 10.2 Å². The van der Waals surface area contributed by atoms with Gasteiger partial charge >= 0.3 is 6.18 Å². The van der Waals surface area contributed by atoms with Crippen molar-refractivity contribution in [2.75, 3.05) is 17.1 Å². The van der Waals surface area contributed by atoms with Crippen molar-refractivity contribution in [3.8, 4) is 0 Å². The first kappa shape index (κ1) is 32.1. The third-order valence-corrected chi connectivity index (χ3v) is 8.69. The number of aryl methyl sites for hydroxylation is 1. The Bertz CT molecular complexity index is 1520. The van der Waals surface area contributed by atoms with E-state index in [2.05, 4.69) is 5.32 Å². The monoisotopic (exact) mass is 615 g/mol. The summed E-state index contributed by atoms with van der Waals surface area (Å²) in [5.74, 6) is -1.08. The summed E-state index contributed by atoms with van der Waals surface area (Å²) in [6, 6.07) is 19.4. The molecule has 0 aliphatic heterocycles. The molecular formula is C32H36F3N3O4S. The zero-order chi connectivity index (χ0) is 31.2. The highest BCUT2D eigenvalue weighted by Gasteiger charge is 2.35. The molecule has 1 atom stereocenters. The largest absolute Gasteiger partial charge is 0.416 e. The fourth-order valence-corrected chi connectivity index (χ4v) is 6.22. The number of hydrogen-bond donors (Lipinski definition) is 1. The number of hydrogen-bond acceptors (Lipinski definition) is 4. The van der Waals surface area contributed by atoms with Gasteiger partial charge in [-0.3, -0.25) is 13.9 Å². The first-order valence-electron chi connectivity index (χ1n) is 14.2. The van der Waals surface area contributed by atoms with Crippen molar-refractivity contribution in [2.45, 2.75) is 63.8 Å². The Balaban J connectivity index is 1.74. The Morgan fingerprint density at radius 1 is 0.930 bits per heavy atom. The van der Waals surface area contributed by atoms with Crippen LogP contribution in [0.4, 0.5) is 18.9 Å². The van der Waals surface area contributed by atoms with Gasteiger partial charge in [-0.1, -0.05) is 79.1 Å². The molecule has 2 amide bonds. The van der Waals surface area contributed by atoms with E-state index in [1.807, 2.05) is 61.5 Å². The van der Waals surface area contributed by atoms with Gasteiger partial charge in [0.05, 0.1) is 17.5 Å². The lowest BCUT2D eigenvalue weighted by Gasteiger charge is -2.34. The van der Waals surface area contributed by atoms with E-state index in [0.717, 1.165) is 60.8 Å². The number of sulfonamides is 1. The van der Waals surface area contributed by atoms with Crippen LogP contribution in [0.15, 0.2) is 78.9 Å². The van der Waals surface area contributed by atoms with E-state index in [9.17, 15) is 31.2 Å². The van der Waals surface area contributed by atoms with Gasteiger partial charge in [0.25, 0.3) is 0 Å². The summed E-state index contributed by atoms with van der Waals surface area (Å²) >= 11 is 0. The van der Waals surface area contributed by atoms with Crippen molar-refractivity contribution in [2.24, 2.45) is 0 Å². The molecule has 0 aromatic heterocycles. The molecule has 11 heteroatoms. The molecule has 3 aromatic rings. The smallest absolute Gasteiger partial charge is 0.352 e. The number of carbonyl (C=O) groups excluding carboxylic acids is 2. The summed E-state index contributed by atoms with van der Waals surface area (Å²) in [6.07, 6.45) is -0.0836. The van der Waals surface area contributed by atoms with Gasteiger partial charge in [0.1, 0.15) is 12.6 Å². The molecule has 0 radical (unpaired) electrons. The maximum absolute atomic E-state index is 14.1. The SMILES string of the molecule is Cc1cccc(CN(C(=O)CN(c2cccc(C(F)(F)F)c2)S(C)(=O)=O)[C@@H](Cc2ccccc2)C(=O)NC2CCCC2)c1. The normalized spacial score (nSPS) is 14.7. The number of rotatable bonds is 11. The topological polar surface area (TPSA) is 86.8 Å². The number of amides is 2. The van der Waals surface area contributed by atoms with Gasteiger partial charge in [0, 0.05) is 19.0 Å². The van der Waals surface area contributed by atoms with E-state index in [4.69, 9.17) is 0 Å². The lowest BCUT2D eigenvalue weighted by Crippen LogP contribution is -2.54. The van der Waals surface area contributed by atoms with Crippen LogP contribution in [0.25, 0.3) is 0 Å². The average Bonchev–Trinajstić information content (AvgIpc) is 3.46. The summed E-state index contributed by atoms with van der Waals surface area (Å²) in [6.45, 7) is 1.10. The van der Waals surface area contributed by atoms with Gasteiger partial charge in [0.2, 0.25) is 21.8 Å². The summed E-state index contributed by atoms with van der Waals surface area (Å²) in [4.78, 5) is 29.3. The molecule has 1 aliphatic carbocycles. The summed E-state index contributed by atoms with van der Waals surface area (Å²) in [5, 5.41) is 3.08. The van der Waals surface area contributed by atoms with Gasteiger partial charge in [-0.15, -0.1) is 0 Å². The van der Waals surface area contributed by atoms with Gasteiger partial charge in [0.15, 0.2) is 0 Å². The van der Waals surface area contributed by atoms with Crippen molar-refractivity contribution in [3.05, 3.63) is 101 Å². The summed E-state index contributed by atoms with van der Waals surface area (Å²) in [5.41, 5.74) is 1.12. The van der Waals surface area contributed by atoms with Crippen LogP contribution in [0, 0.1) is 6.92 Å². The average molecular weight is 616 g/mol. The Kier molecular flexibility index (Phi) is 10.2. The molecule has 0 unspecified atom stereocenters. The quantitative estimate of drug-likeness (QED) is 0.310. The van der Waals surface area contributed by atoms with Crippen LogP contribution >= 0.6 is 0 Å². The van der Waals surface area contributed by atoms with Gasteiger partial charge in [-0.2, -0.15) is 13.2 Å². The lowest BCUT2D eigenvalue weighted by molar-refractivity contribution is -0.140. The van der Waals surface area contributed by atoms with Crippen LogP contribution in [0.3, 0.4) is 0 Å². The third kappa shape index (κ3) is 8.82. The second-order valence-electron chi connectivity index (χ2n) is 11.0. The molecular weight excluding hydrogens is 579 g/mol. The minimum absolute atomic E-state index is 0.00368. The highest BCUT2D eigenvalue weighted by Crippen LogP contribution is 2.32. The highest BCUT2D eigenvalue weighted by molar-refractivity contribution is 7.92. The van der Waals surface area contributed by atoms with Crippen molar-refractivity contribution < 1.29 is 31.2 Å². The standard InChI is InChI=1S/C32H36F3N3O4S/c1-23-10-8-13-25(18-23)21-37(29(19-24-11-4-3-5-12-24)31(40)36-27-15-6-7-16-27)30(39)22-38(43(2,41)42)28-17-9-14-26(20-28)32(33,34)35/h3-5,8-14,17-18,20,27,29H,6-7,15-16,19,21-22H2,1-2H3,(H,36,40)/t29-/m0/s1. The fourth-order valence-electron chi connectivity index (χ4n) is 5.38. The maximum Gasteiger partial charge on any atom is 0.416 e. The number of halogens is 3. The Morgan fingerprint density at radius 3 is 2.21 bits per heavy atom. The van der Waals surface area contributed by atoms with Crippen LogP contribution in [0.5, 0.6) is 0 Å². The molecule has 1 fully saturated rings. The minimum Gasteiger partial charge on any atom is -0.352 e. The Hall–Kier alpha value is -3.86. The number of anilines is 1. The van der Waals surface area contributed by atoms with Gasteiger partial charge in [-0.05, 0) is 49.1 Å². The lowest BCUT2D eigenvalue weighted by atomic mass is 10.0. The number of carbonyl (C=O) groups is 2. The molecule has 43 heavy (non-hydrogen) atoms. The van der Waals surface area contributed by atoms with E-state index in [-0.39, 0.29) is 30.6 Å². The van der Waals surface area contributed by atoms with E-state index in [0.29, 0.717) is 10.4 Å². The van der Waals surface area contributed by atoms with Crippen LogP contribution in [-0.2, 0) is 38.8 Å². The molecule has 0 heterocycles. The van der Waals surface area contributed by atoms with Gasteiger partial charge in [-0.25, -0.2) is 8.42 Å². The first-order chi connectivity index (χ1) is 20.3. The molecule has 3 aromatic carbocycles. The fraction of sp³-hybridized carbons (Fsp3) is 0.375. The zero-order valence-electron chi connectivity index (χ0n) is 24.2. The first-order valence-corrected chi connectivity index (χ1v) is 16.0. The summed E-state index contributed by atoms with van der Waals surface area (Å²) < 4.78 is 66.8. The molecule has 0 bridgehead atoms. The third-order valence-electron chi connectivity index (χ3n) is 7.55. The van der Waals surface area contributed by atoms with Crippen LogP contribution in [0.2, 0.25) is 0 Å². The molecule has 0 spiro atoms. The molecule has 7 nitrogen and oxygen atoms in total. The van der Waals surface area contributed by atoms with Crippen LogP contribution < -0.4 is 9.62 Å². The van der Waals surface area contributed by atoms with Crippen molar-refractivity contribution in [3.63, 3.8) is 0 Å². The Labute approximate surface area is 250 Å². The number of nitrogens with one attached hydrogen (secondary N) is 1. The predicted molar refractivity (Wildman–Crippen MR) is 160 cm³/mol. The number of alkyl halides is 3. The van der Waals surface area contributed by atoms with Crippen LogP contribution in [-0.4, -0.2) is 50.0 Å². The van der Waals surface area contributed by atoms with E-state index in [1.165, 1.54) is 11.0 Å². The molecule has 1 N–H and O–H groups in total. The number of nitrogens with zero attached hydrogens (tertiary/aromatic N) is 2. The molecule has 230 valence electrons. The van der Waals surface area contributed by atoms with Gasteiger partial charge < -0.3 is 10.2 Å². The molecule has 1 aliphatic rings. The zero-order valence-corrected chi connectivity index (χ0v) is 25.0. The van der Waals surface area contributed by atoms with Crippen molar-refractivity contribution in [1.29, 1.82) is 0 Å². The van der Waals surface area contributed by atoms with Crippen LogP contribution in [0.1, 0.15) is 47.9 Å². The van der Waals surface area contributed by atoms with E-state index >= 15 is 0 Å². The second kappa shape index (κ2) is 13.6. The predicted octanol–water partition coefficient (Wildman–Crippen LogP) is 5.48. The maximum atomic E-state index is 14.1. The molecule has 4 rings (SSSR count). The summed E-state index contributed by atoms with van der Waals surface area (Å²) in [7, 11) is -4.19. The van der Waals surface area contributed by atoms with Crippen molar-refractivity contribution >= 4 is 27.5 Å². The van der Waals surface area contributed by atoms with E-state index < -0.39 is 40.3 Å². The molecule has 1 saturated carbocycles. The van der Waals surface area contributed by atoms with E-state index in [1.54, 1.807) is 0 Å². The Morgan fingerprint density at radius 2 is 1.58 bits per heavy atom.